The van der Waals surface area contributed by atoms with E-state index in [1.54, 1.807) is 0 Å². The van der Waals surface area contributed by atoms with Crippen LogP contribution in [0.1, 0.15) is 278 Å². The zero-order chi connectivity index (χ0) is 55.7. The first-order valence-corrected chi connectivity index (χ1v) is 31.7. The highest BCUT2D eigenvalue weighted by atomic mass is 16.6. The van der Waals surface area contributed by atoms with Gasteiger partial charge in [-0.2, -0.15) is 0 Å². The summed E-state index contributed by atoms with van der Waals surface area (Å²) in [4.78, 5) is 38.3. The molecule has 0 aliphatic carbocycles. The third-order valence-electron chi connectivity index (χ3n) is 13.2. The van der Waals surface area contributed by atoms with Crippen molar-refractivity contribution in [3.05, 3.63) is 134 Å². The quantitative estimate of drug-likeness (QED) is 0.0261. The van der Waals surface area contributed by atoms with Gasteiger partial charge in [-0.15, -0.1) is 0 Å². The number of esters is 3. The first kappa shape index (κ1) is 72.5. The van der Waals surface area contributed by atoms with E-state index in [1.165, 1.54) is 96.3 Å². The molecule has 0 aliphatic heterocycles. The van der Waals surface area contributed by atoms with Gasteiger partial charge in [0.2, 0.25) is 0 Å². The molecule has 6 heteroatoms. The number of hydrogen-bond acceptors (Lipinski definition) is 6. The Labute approximate surface area is 475 Å². The maximum Gasteiger partial charge on any atom is 0.306 e. The van der Waals surface area contributed by atoms with E-state index in [0.717, 1.165) is 141 Å². The molecule has 0 saturated carbocycles. The van der Waals surface area contributed by atoms with E-state index in [9.17, 15) is 14.4 Å². The number of allylic oxidation sites excluding steroid dienone is 22. The Morgan fingerprint density at radius 1 is 0.273 bits per heavy atom. The molecule has 0 saturated heterocycles. The third kappa shape index (κ3) is 62.3. The second kappa shape index (κ2) is 64.1. The maximum atomic E-state index is 12.9. The normalized spacial score (nSPS) is 13.0. The molecule has 0 N–H and O–H groups in total. The van der Waals surface area contributed by atoms with Crippen LogP contribution in [0, 0.1) is 0 Å². The Hall–Kier alpha value is -4.45. The Morgan fingerprint density at radius 2 is 0.506 bits per heavy atom. The summed E-state index contributed by atoms with van der Waals surface area (Å²) >= 11 is 0. The molecule has 0 spiro atoms. The highest BCUT2D eigenvalue weighted by Crippen LogP contribution is 2.15. The van der Waals surface area contributed by atoms with Gasteiger partial charge < -0.3 is 14.2 Å². The molecule has 0 bridgehead atoms. The maximum absolute atomic E-state index is 12.9. The van der Waals surface area contributed by atoms with Crippen LogP contribution in [0.25, 0.3) is 0 Å². The van der Waals surface area contributed by atoms with Gasteiger partial charge in [-0.05, 0) is 116 Å². The zero-order valence-electron chi connectivity index (χ0n) is 49.9. The average molecular weight is 1070 g/mol. The fourth-order valence-electron chi connectivity index (χ4n) is 8.47. The van der Waals surface area contributed by atoms with Gasteiger partial charge in [0.15, 0.2) is 6.10 Å². The highest BCUT2D eigenvalue weighted by Gasteiger charge is 2.19. The van der Waals surface area contributed by atoms with Gasteiger partial charge in [-0.3, -0.25) is 14.4 Å². The number of carbonyl (C=O) groups excluding carboxylic acids is 3. The van der Waals surface area contributed by atoms with Crippen LogP contribution in [-0.2, 0) is 28.6 Å². The predicted octanol–water partition coefficient (Wildman–Crippen LogP) is 21.8. The monoisotopic (exact) mass is 1060 g/mol. The molecule has 0 amide bonds. The van der Waals surface area contributed by atoms with E-state index < -0.39 is 6.10 Å². The lowest BCUT2D eigenvalue weighted by molar-refractivity contribution is -0.167. The summed E-state index contributed by atoms with van der Waals surface area (Å²) in [7, 11) is 0. The Kier molecular flexibility index (Phi) is 60.4. The van der Waals surface area contributed by atoms with Gasteiger partial charge in [0, 0.05) is 19.3 Å². The number of hydrogen-bond donors (Lipinski definition) is 0. The topological polar surface area (TPSA) is 78.9 Å². The van der Waals surface area contributed by atoms with E-state index >= 15 is 0 Å². The Balaban J connectivity index is 4.44. The van der Waals surface area contributed by atoms with Crippen molar-refractivity contribution in [3.63, 3.8) is 0 Å². The SMILES string of the molecule is CC/C=C\C/C=C\C/C=C\C/C=C\C/C=C\C/C=C\C/C=C\CCCCCC(=O)OCC(COC(=O)CCCCCCCCCCCCCCC)OC(=O)CCCCCCCCCC/C=C\C/C=C\C/C=C\C/C=C\CC. The number of unbranched alkanes of at least 4 members (excludes halogenated alkanes) is 23. The fraction of sp³-hybridized carbons (Fsp3) is 0.648. The van der Waals surface area contributed by atoms with Crippen molar-refractivity contribution in [2.75, 3.05) is 13.2 Å². The predicted molar refractivity (Wildman–Crippen MR) is 334 cm³/mol. The molecule has 0 aliphatic rings. The van der Waals surface area contributed by atoms with Crippen LogP contribution >= 0.6 is 0 Å². The van der Waals surface area contributed by atoms with Crippen LogP contribution in [0.4, 0.5) is 0 Å². The molecule has 0 aromatic heterocycles. The molecule has 0 fully saturated rings. The summed E-state index contributed by atoms with van der Waals surface area (Å²) in [6.07, 6.45) is 90.2. The zero-order valence-corrected chi connectivity index (χ0v) is 49.9. The average Bonchev–Trinajstić information content (AvgIpc) is 3.43. The van der Waals surface area contributed by atoms with Crippen LogP contribution in [0.3, 0.4) is 0 Å². The van der Waals surface area contributed by atoms with Gasteiger partial charge in [0.25, 0.3) is 0 Å². The number of carbonyl (C=O) groups is 3. The Bertz CT molecular complexity index is 1650. The summed E-state index contributed by atoms with van der Waals surface area (Å²) in [5.74, 6) is -0.933. The van der Waals surface area contributed by atoms with Crippen molar-refractivity contribution in [1.82, 2.24) is 0 Å². The van der Waals surface area contributed by atoms with E-state index in [4.69, 9.17) is 14.2 Å². The van der Waals surface area contributed by atoms with Crippen molar-refractivity contribution < 1.29 is 28.6 Å². The van der Waals surface area contributed by atoms with E-state index in [-0.39, 0.29) is 31.1 Å². The molecule has 0 aromatic rings. The summed E-state index contributed by atoms with van der Waals surface area (Å²) < 4.78 is 16.9. The second-order valence-electron chi connectivity index (χ2n) is 20.6. The molecule has 0 radical (unpaired) electrons. The minimum Gasteiger partial charge on any atom is -0.462 e. The van der Waals surface area contributed by atoms with E-state index in [1.807, 2.05) is 0 Å². The van der Waals surface area contributed by atoms with Crippen LogP contribution in [-0.4, -0.2) is 37.2 Å². The summed E-state index contributed by atoms with van der Waals surface area (Å²) in [6.45, 7) is 6.39. The standard InChI is InChI=1S/C71H116O6/c1-4-7-10-13-16-19-22-25-27-29-31-33-34-35-36-38-39-41-43-46-49-52-55-58-61-64-70(73)76-67-68(66-75-69(72)63-60-57-54-51-48-45-24-21-18-15-12-9-6-3)77-71(74)65-62-59-56-53-50-47-44-42-40-37-32-30-28-26-23-20-17-14-11-8-5-2/h7-8,10-11,16-17,19-20,25-28,31-33,35-37,39,41,46,49,68H,4-6,9,12-15,18,21-24,29-30,34,38,40,42-45,47-48,50-67H2,1-3H3/b10-7-,11-8-,19-16-,20-17-,27-25-,28-26-,33-31-,36-35-,37-32-,41-39-,49-46-. The van der Waals surface area contributed by atoms with Crippen LogP contribution in [0.2, 0.25) is 0 Å². The molecular weight excluding hydrogens is 949 g/mol. The fourth-order valence-corrected chi connectivity index (χ4v) is 8.47. The third-order valence-corrected chi connectivity index (χ3v) is 13.2. The first-order valence-electron chi connectivity index (χ1n) is 31.7. The smallest absolute Gasteiger partial charge is 0.306 e. The minimum atomic E-state index is -0.801. The van der Waals surface area contributed by atoms with Gasteiger partial charge in [-0.1, -0.05) is 276 Å². The first-order chi connectivity index (χ1) is 38.0. The van der Waals surface area contributed by atoms with E-state index in [0.29, 0.717) is 19.3 Å². The lowest BCUT2D eigenvalue weighted by Crippen LogP contribution is -2.30. The lowest BCUT2D eigenvalue weighted by atomic mass is 10.0. The number of rotatable bonds is 56. The molecule has 0 rings (SSSR count). The largest absolute Gasteiger partial charge is 0.462 e. The van der Waals surface area contributed by atoms with Gasteiger partial charge in [0.1, 0.15) is 13.2 Å². The molecular formula is C71H116O6. The van der Waals surface area contributed by atoms with E-state index in [2.05, 4.69) is 154 Å². The van der Waals surface area contributed by atoms with Crippen molar-refractivity contribution >= 4 is 17.9 Å². The summed E-state index contributed by atoms with van der Waals surface area (Å²) in [6, 6.07) is 0. The van der Waals surface area contributed by atoms with Crippen LogP contribution in [0.15, 0.2) is 134 Å². The van der Waals surface area contributed by atoms with Crippen LogP contribution in [0.5, 0.6) is 0 Å². The van der Waals surface area contributed by atoms with Gasteiger partial charge >= 0.3 is 17.9 Å². The lowest BCUT2D eigenvalue weighted by Gasteiger charge is -2.18. The van der Waals surface area contributed by atoms with Gasteiger partial charge in [0.05, 0.1) is 0 Å². The Morgan fingerprint density at radius 3 is 0.805 bits per heavy atom. The van der Waals surface area contributed by atoms with Crippen molar-refractivity contribution in [1.29, 1.82) is 0 Å². The molecule has 1 atom stereocenters. The molecule has 436 valence electrons. The second-order valence-corrected chi connectivity index (χ2v) is 20.6. The minimum absolute atomic E-state index is 0.0938. The highest BCUT2D eigenvalue weighted by molar-refractivity contribution is 5.71. The molecule has 6 nitrogen and oxygen atoms in total. The van der Waals surface area contributed by atoms with Gasteiger partial charge in [-0.25, -0.2) is 0 Å². The van der Waals surface area contributed by atoms with Crippen molar-refractivity contribution in [2.24, 2.45) is 0 Å². The van der Waals surface area contributed by atoms with Crippen molar-refractivity contribution in [2.45, 2.75) is 284 Å². The molecule has 1 unspecified atom stereocenters. The molecule has 77 heavy (non-hydrogen) atoms. The number of ether oxygens (including phenoxy) is 3. The van der Waals surface area contributed by atoms with Crippen LogP contribution < -0.4 is 0 Å². The molecule has 0 heterocycles. The van der Waals surface area contributed by atoms with Crippen molar-refractivity contribution in [3.8, 4) is 0 Å². The summed E-state index contributed by atoms with van der Waals surface area (Å²) in [5, 5.41) is 0. The molecule has 0 aromatic carbocycles. The summed E-state index contributed by atoms with van der Waals surface area (Å²) in [5.41, 5.74) is 0.